The Morgan fingerprint density at radius 2 is 1.11 bits per heavy atom. The van der Waals surface area contributed by atoms with Crippen LogP contribution in [0.2, 0.25) is 0 Å². The third kappa shape index (κ3) is 6.73. The number of imide groups is 3. The molecule has 0 spiro atoms. The molecule has 0 aromatic heterocycles. The van der Waals surface area contributed by atoms with Crippen molar-refractivity contribution in [1.29, 1.82) is 0 Å². The maximum absolute atomic E-state index is 12.8. The van der Waals surface area contributed by atoms with Crippen LogP contribution in [0.5, 0.6) is 0 Å². The zero-order chi connectivity index (χ0) is 21.0. The highest BCUT2D eigenvalue weighted by molar-refractivity contribution is 6.13. The van der Waals surface area contributed by atoms with Crippen molar-refractivity contribution in [2.75, 3.05) is 7.11 Å². The number of hydrogen-bond donors (Lipinski definition) is 0. The van der Waals surface area contributed by atoms with E-state index in [1.54, 1.807) is 41.5 Å². The molecule has 0 saturated carbocycles. The van der Waals surface area contributed by atoms with E-state index >= 15 is 0 Å². The highest BCUT2D eigenvalue weighted by Gasteiger charge is 2.36. The number of esters is 1. The normalized spacial score (nSPS) is 11.4. The fraction of sp³-hybridized carbons (Fsp3) is 0.474. The molecule has 0 atom stereocenters. The molecule has 1 aromatic rings. The molecule has 1 rings (SSSR count). The summed E-state index contributed by atoms with van der Waals surface area (Å²) in [5, 5.41) is 0. The molecule has 3 amide bonds. The maximum Gasteiger partial charge on any atom is 0.427 e. The first kappa shape index (κ1) is 22.1. The molecule has 0 unspecified atom stereocenters. The van der Waals surface area contributed by atoms with Crippen LogP contribution in [0.4, 0.5) is 9.59 Å². The third-order valence-corrected chi connectivity index (χ3v) is 2.91. The molecule has 8 nitrogen and oxygen atoms in total. The average molecular weight is 379 g/mol. The predicted molar refractivity (Wildman–Crippen MR) is 96.4 cm³/mol. The van der Waals surface area contributed by atoms with Gasteiger partial charge in [0, 0.05) is 5.56 Å². The van der Waals surface area contributed by atoms with Crippen molar-refractivity contribution in [2.45, 2.75) is 52.7 Å². The zero-order valence-corrected chi connectivity index (χ0v) is 16.6. The first-order valence-electron chi connectivity index (χ1n) is 8.24. The lowest BCUT2D eigenvalue weighted by Gasteiger charge is -2.27. The minimum atomic E-state index is -1.15. The Labute approximate surface area is 158 Å². The maximum atomic E-state index is 12.8. The molecule has 148 valence electrons. The summed E-state index contributed by atoms with van der Waals surface area (Å²) in [7, 11) is 1.23. The van der Waals surface area contributed by atoms with Crippen LogP contribution in [0.1, 0.15) is 62.3 Å². The molecule has 0 fully saturated rings. The molecular weight excluding hydrogens is 354 g/mol. The number of ether oxygens (including phenoxy) is 3. The monoisotopic (exact) mass is 379 g/mol. The average Bonchev–Trinajstić information content (AvgIpc) is 2.50. The van der Waals surface area contributed by atoms with Crippen molar-refractivity contribution in [3.63, 3.8) is 0 Å². The van der Waals surface area contributed by atoms with Gasteiger partial charge >= 0.3 is 18.2 Å². The summed E-state index contributed by atoms with van der Waals surface area (Å²) in [5.74, 6) is -1.51. The van der Waals surface area contributed by atoms with Gasteiger partial charge in [-0.05, 0) is 65.8 Å². The number of amides is 3. The van der Waals surface area contributed by atoms with E-state index in [1.807, 2.05) is 0 Å². The number of nitrogens with zero attached hydrogens (tertiary/aromatic N) is 1. The molecule has 0 aliphatic heterocycles. The second-order valence-corrected chi connectivity index (χ2v) is 7.67. The lowest BCUT2D eigenvalue weighted by molar-refractivity contribution is 0.00392. The van der Waals surface area contributed by atoms with E-state index in [0.29, 0.717) is 4.90 Å². The van der Waals surface area contributed by atoms with Gasteiger partial charge in [-0.3, -0.25) is 4.79 Å². The van der Waals surface area contributed by atoms with Crippen LogP contribution in [0, 0.1) is 0 Å². The number of hydrogen-bond acceptors (Lipinski definition) is 7. The molecule has 0 aliphatic rings. The number of benzene rings is 1. The Bertz CT molecular complexity index is 696. The summed E-state index contributed by atoms with van der Waals surface area (Å²) in [5.41, 5.74) is -1.63. The number of methoxy groups -OCH3 is 1. The van der Waals surface area contributed by atoms with Gasteiger partial charge in [0.05, 0.1) is 12.7 Å². The van der Waals surface area contributed by atoms with Crippen molar-refractivity contribution in [1.82, 2.24) is 4.90 Å². The van der Waals surface area contributed by atoms with Crippen molar-refractivity contribution < 1.29 is 33.4 Å². The number of carbonyl (C=O) groups excluding carboxylic acids is 4. The van der Waals surface area contributed by atoms with Gasteiger partial charge < -0.3 is 14.2 Å². The second-order valence-electron chi connectivity index (χ2n) is 7.67. The highest BCUT2D eigenvalue weighted by atomic mass is 16.6. The minimum absolute atomic E-state index is 0.000582. The van der Waals surface area contributed by atoms with E-state index in [4.69, 9.17) is 9.47 Å². The number of rotatable bonds is 2. The van der Waals surface area contributed by atoms with Gasteiger partial charge in [0.15, 0.2) is 0 Å². The van der Waals surface area contributed by atoms with E-state index in [2.05, 4.69) is 4.74 Å². The van der Waals surface area contributed by atoms with E-state index in [9.17, 15) is 19.2 Å². The largest absolute Gasteiger partial charge is 0.465 e. The SMILES string of the molecule is COC(=O)c1ccc(C(=O)N(C(=O)OC(C)(C)C)C(=O)OC(C)(C)C)cc1. The van der Waals surface area contributed by atoms with E-state index in [0.717, 1.165) is 0 Å². The van der Waals surface area contributed by atoms with Gasteiger partial charge in [-0.1, -0.05) is 0 Å². The number of carbonyl (C=O) groups is 4. The topological polar surface area (TPSA) is 99.2 Å². The van der Waals surface area contributed by atoms with Crippen LogP contribution in [-0.4, -0.2) is 47.3 Å². The van der Waals surface area contributed by atoms with Gasteiger partial charge in [-0.2, -0.15) is 0 Å². The van der Waals surface area contributed by atoms with E-state index < -0.39 is 35.3 Å². The van der Waals surface area contributed by atoms with E-state index in [-0.39, 0.29) is 11.1 Å². The molecule has 0 aliphatic carbocycles. The summed E-state index contributed by atoms with van der Waals surface area (Å²) in [6.45, 7) is 9.63. The summed E-state index contributed by atoms with van der Waals surface area (Å²) in [6.07, 6.45) is -2.31. The Hall–Kier alpha value is -2.90. The molecular formula is C19H25NO7. The summed E-state index contributed by atoms with van der Waals surface area (Å²) < 4.78 is 14.9. The van der Waals surface area contributed by atoms with Crippen LogP contribution in [0.15, 0.2) is 24.3 Å². The standard InChI is InChI=1S/C19H25NO7/c1-18(2,3)26-16(23)20(17(24)27-19(4,5)6)14(21)12-8-10-13(11-9-12)15(22)25-7/h8-11H,1-7H3. The second kappa shape index (κ2) is 8.20. The Morgan fingerprint density at radius 1 is 0.741 bits per heavy atom. The predicted octanol–water partition coefficient (Wildman–Crippen LogP) is 3.79. The van der Waals surface area contributed by atoms with Crippen LogP contribution in [-0.2, 0) is 14.2 Å². The molecule has 0 bridgehead atoms. The lowest BCUT2D eigenvalue weighted by atomic mass is 10.1. The molecule has 0 heterocycles. The fourth-order valence-corrected chi connectivity index (χ4v) is 1.85. The third-order valence-electron chi connectivity index (χ3n) is 2.91. The Kier molecular flexibility index (Phi) is 6.72. The molecule has 0 N–H and O–H groups in total. The molecule has 0 saturated heterocycles. The van der Waals surface area contributed by atoms with Gasteiger partial charge in [0.1, 0.15) is 11.2 Å². The van der Waals surface area contributed by atoms with Gasteiger partial charge in [-0.15, -0.1) is 4.90 Å². The van der Waals surface area contributed by atoms with Crippen molar-refractivity contribution >= 4 is 24.1 Å². The summed E-state index contributed by atoms with van der Waals surface area (Å²) >= 11 is 0. The molecule has 0 radical (unpaired) electrons. The van der Waals surface area contributed by atoms with Gasteiger partial charge in [-0.25, -0.2) is 14.4 Å². The Balaban J connectivity index is 3.20. The van der Waals surface area contributed by atoms with Crippen molar-refractivity contribution in [2.24, 2.45) is 0 Å². The quantitative estimate of drug-likeness (QED) is 0.569. The van der Waals surface area contributed by atoms with E-state index in [1.165, 1.54) is 31.4 Å². The van der Waals surface area contributed by atoms with Crippen molar-refractivity contribution in [3.05, 3.63) is 35.4 Å². The highest BCUT2D eigenvalue weighted by Crippen LogP contribution is 2.17. The Morgan fingerprint density at radius 3 is 1.44 bits per heavy atom. The van der Waals surface area contributed by atoms with Gasteiger partial charge in [0.25, 0.3) is 5.91 Å². The minimum Gasteiger partial charge on any atom is -0.465 e. The molecule has 1 aromatic carbocycles. The fourth-order valence-electron chi connectivity index (χ4n) is 1.85. The van der Waals surface area contributed by atoms with Crippen LogP contribution < -0.4 is 0 Å². The van der Waals surface area contributed by atoms with Crippen LogP contribution in [0.3, 0.4) is 0 Å². The zero-order valence-electron chi connectivity index (χ0n) is 16.6. The van der Waals surface area contributed by atoms with Gasteiger partial charge in [0.2, 0.25) is 0 Å². The summed E-state index contributed by atoms with van der Waals surface area (Å²) in [4.78, 5) is 49.4. The molecule has 27 heavy (non-hydrogen) atoms. The first-order valence-corrected chi connectivity index (χ1v) is 8.24. The molecule has 8 heteroatoms. The summed E-state index contributed by atoms with van der Waals surface area (Å²) in [6, 6.07) is 5.30. The van der Waals surface area contributed by atoms with Crippen molar-refractivity contribution in [3.8, 4) is 0 Å². The van der Waals surface area contributed by atoms with Crippen LogP contribution >= 0.6 is 0 Å². The van der Waals surface area contributed by atoms with Crippen LogP contribution in [0.25, 0.3) is 0 Å². The lowest BCUT2D eigenvalue weighted by Crippen LogP contribution is -2.46. The first-order chi connectivity index (χ1) is 12.2. The smallest absolute Gasteiger partial charge is 0.427 e.